The molecule has 5 heteroatoms. The average Bonchev–Trinajstić information content (AvgIpc) is 2.57. The van der Waals surface area contributed by atoms with Crippen LogP contribution in [0.1, 0.15) is 22.7 Å². The van der Waals surface area contributed by atoms with Gasteiger partial charge >= 0.3 is 0 Å². The largest absolute Gasteiger partial charge is 0.334 e. The Kier molecular flexibility index (Phi) is 5.30. The van der Waals surface area contributed by atoms with E-state index < -0.39 is 0 Å². The normalized spacial score (nSPS) is 17.0. The molecule has 0 fully saturated rings. The molecule has 0 saturated heterocycles. The predicted molar refractivity (Wildman–Crippen MR) is 98.6 cm³/mol. The van der Waals surface area contributed by atoms with E-state index >= 15 is 0 Å². The lowest BCUT2D eigenvalue weighted by molar-refractivity contribution is -0.132. The van der Waals surface area contributed by atoms with E-state index in [9.17, 15) is 4.79 Å². The molecule has 0 bridgehead atoms. The van der Waals surface area contributed by atoms with Gasteiger partial charge in [-0.2, -0.15) is 0 Å². The smallest absolute Gasteiger partial charge is 0.227 e. The fraction of sp³-hybridized carbons (Fsp3) is 0.278. The molecule has 3 rings (SSSR count). The van der Waals surface area contributed by atoms with Crippen LogP contribution in [0.2, 0.25) is 10.0 Å². The molecule has 1 amide bonds. The van der Waals surface area contributed by atoms with Crippen molar-refractivity contribution in [2.75, 3.05) is 11.9 Å². The van der Waals surface area contributed by atoms with Crippen molar-refractivity contribution in [2.45, 2.75) is 18.9 Å². The molecule has 1 aliphatic heterocycles. The van der Waals surface area contributed by atoms with Gasteiger partial charge in [0.15, 0.2) is 0 Å². The number of rotatable bonds is 3. The van der Waals surface area contributed by atoms with Crippen molar-refractivity contribution in [1.82, 2.24) is 4.90 Å². The van der Waals surface area contributed by atoms with Crippen molar-refractivity contribution >= 4 is 45.0 Å². The number of halogens is 3. The molecule has 0 aromatic heterocycles. The third-order valence-corrected chi connectivity index (χ3v) is 5.57. The second-order valence-corrected chi connectivity index (χ2v) is 7.09. The van der Waals surface area contributed by atoms with Gasteiger partial charge in [0.1, 0.15) is 0 Å². The summed E-state index contributed by atoms with van der Waals surface area (Å²) in [5.74, 6) is 0.113. The zero-order chi connectivity index (χ0) is 16.4. The second kappa shape index (κ2) is 7.25. The first-order valence-corrected chi connectivity index (χ1v) is 9.35. The van der Waals surface area contributed by atoms with E-state index in [1.54, 1.807) is 12.1 Å². The topological polar surface area (TPSA) is 20.3 Å². The molecule has 2 aromatic carbocycles. The molecule has 0 saturated carbocycles. The highest BCUT2D eigenvalue weighted by molar-refractivity contribution is 9.09. The first-order chi connectivity index (χ1) is 11.1. The zero-order valence-corrected chi connectivity index (χ0v) is 15.5. The highest BCUT2D eigenvalue weighted by Gasteiger charge is 2.29. The van der Waals surface area contributed by atoms with Gasteiger partial charge in [0, 0.05) is 11.9 Å². The van der Waals surface area contributed by atoms with E-state index in [-0.39, 0.29) is 11.9 Å². The summed E-state index contributed by atoms with van der Waals surface area (Å²) >= 11 is 15.5. The summed E-state index contributed by atoms with van der Waals surface area (Å²) in [4.78, 5) is 14.7. The Hall–Kier alpha value is -1.03. The first kappa shape index (κ1) is 16.8. The highest BCUT2D eigenvalue weighted by atomic mass is 79.9. The summed E-state index contributed by atoms with van der Waals surface area (Å²) < 4.78 is 0. The predicted octanol–water partition coefficient (Wildman–Crippen LogP) is 5.06. The van der Waals surface area contributed by atoms with E-state index in [1.165, 1.54) is 11.1 Å². The Morgan fingerprint density at radius 2 is 1.96 bits per heavy atom. The van der Waals surface area contributed by atoms with Gasteiger partial charge in [-0.05, 0) is 35.2 Å². The minimum Gasteiger partial charge on any atom is -0.334 e. The van der Waals surface area contributed by atoms with Crippen LogP contribution in [0.25, 0.3) is 0 Å². The standard InChI is InChI=1S/C18H16BrCl2NO/c19-11-17-14-4-2-1-3-13(14)7-8-22(17)18(23)10-12-5-6-15(20)16(21)9-12/h1-6,9,17H,7-8,10-11H2. The average molecular weight is 413 g/mol. The number of alkyl halides is 1. The van der Waals surface area contributed by atoms with Crippen LogP contribution in [0, 0.1) is 0 Å². The quantitative estimate of drug-likeness (QED) is 0.645. The Bertz CT molecular complexity index is 735. The lowest BCUT2D eigenvalue weighted by atomic mass is 9.93. The molecule has 120 valence electrons. The number of fused-ring (bicyclic) bond motifs is 1. The number of carbonyl (C=O) groups excluding carboxylic acids is 1. The zero-order valence-electron chi connectivity index (χ0n) is 12.4. The number of hydrogen-bond acceptors (Lipinski definition) is 1. The van der Waals surface area contributed by atoms with E-state index in [0.29, 0.717) is 16.5 Å². The van der Waals surface area contributed by atoms with Crippen molar-refractivity contribution in [3.8, 4) is 0 Å². The summed E-state index contributed by atoms with van der Waals surface area (Å²) in [6.45, 7) is 0.743. The van der Waals surface area contributed by atoms with E-state index in [4.69, 9.17) is 23.2 Å². The lowest BCUT2D eigenvalue weighted by Crippen LogP contribution is -2.41. The van der Waals surface area contributed by atoms with Crippen molar-refractivity contribution in [1.29, 1.82) is 0 Å². The van der Waals surface area contributed by atoms with Gasteiger partial charge in [-0.25, -0.2) is 0 Å². The van der Waals surface area contributed by atoms with Gasteiger partial charge < -0.3 is 4.90 Å². The van der Waals surface area contributed by atoms with Gasteiger partial charge in [-0.15, -0.1) is 0 Å². The van der Waals surface area contributed by atoms with Gasteiger partial charge in [0.05, 0.1) is 22.5 Å². The molecule has 1 aliphatic rings. The first-order valence-electron chi connectivity index (χ1n) is 7.47. The maximum atomic E-state index is 12.8. The molecule has 1 unspecified atom stereocenters. The monoisotopic (exact) mass is 411 g/mol. The number of carbonyl (C=O) groups is 1. The number of hydrogen-bond donors (Lipinski definition) is 0. The molecule has 0 spiro atoms. The molecule has 23 heavy (non-hydrogen) atoms. The van der Waals surface area contributed by atoms with Gasteiger partial charge in [0.25, 0.3) is 0 Å². The van der Waals surface area contributed by atoms with E-state index in [0.717, 1.165) is 23.9 Å². The van der Waals surface area contributed by atoms with E-state index in [1.807, 2.05) is 17.0 Å². The number of nitrogens with zero attached hydrogens (tertiary/aromatic N) is 1. The Morgan fingerprint density at radius 1 is 1.17 bits per heavy atom. The summed E-state index contributed by atoms with van der Waals surface area (Å²) in [5.41, 5.74) is 3.45. The summed E-state index contributed by atoms with van der Waals surface area (Å²) in [6.07, 6.45) is 1.23. The third-order valence-electron chi connectivity index (χ3n) is 4.22. The van der Waals surface area contributed by atoms with Crippen LogP contribution in [-0.2, 0) is 17.6 Å². The molecule has 0 radical (unpaired) electrons. The van der Waals surface area contributed by atoms with Gasteiger partial charge in [-0.1, -0.05) is 69.5 Å². The minimum absolute atomic E-state index is 0.0789. The van der Waals surface area contributed by atoms with Crippen LogP contribution in [-0.4, -0.2) is 22.7 Å². The SMILES string of the molecule is O=C(Cc1ccc(Cl)c(Cl)c1)N1CCc2ccccc2C1CBr. The summed E-state index contributed by atoms with van der Waals surface area (Å²) in [5, 5.41) is 1.73. The minimum atomic E-state index is 0.0789. The molecule has 1 atom stereocenters. The van der Waals surface area contributed by atoms with Crippen LogP contribution >= 0.6 is 39.1 Å². The van der Waals surface area contributed by atoms with Crippen molar-refractivity contribution in [3.63, 3.8) is 0 Å². The highest BCUT2D eigenvalue weighted by Crippen LogP contribution is 2.32. The molecule has 0 aliphatic carbocycles. The molecular formula is C18H16BrCl2NO. The fourth-order valence-electron chi connectivity index (χ4n) is 3.04. The van der Waals surface area contributed by atoms with Crippen molar-refractivity contribution in [2.24, 2.45) is 0 Å². The lowest BCUT2D eigenvalue weighted by Gasteiger charge is -2.36. The molecule has 0 N–H and O–H groups in total. The van der Waals surface area contributed by atoms with Gasteiger partial charge in [0.2, 0.25) is 5.91 Å². The van der Waals surface area contributed by atoms with E-state index in [2.05, 4.69) is 34.1 Å². The van der Waals surface area contributed by atoms with Crippen molar-refractivity contribution < 1.29 is 4.79 Å². The number of amides is 1. The maximum absolute atomic E-state index is 12.8. The van der Waals surface area contributed by atoms with Crippen LogP contribution < -0.4 is 0 Å². The molecular weight excluding hydrogens is 397 g/mol. The second-order valence-electron chi connectivity index (χ2n) is 5.63. The van der Waals surface area contributed by atoms with Crippen LogP contribution in [0.3, 0.4) is 0 Å². The molecule has 2 nitrogen and oxygen atoms in total. The number of benzene rings is 2. The summed E-state index contributed by atoms with van der Waals surface area (Å²) in [7, 11) is 0. The van der Waals surface area contributed by atoms with Crippen LogP contribution in [0.15, 0.2) is 42.5 Å². The van der Waals surface area contributed by atoms with Crippen LogP contribution in [0.4, 0.5) is 0 Å². The fourth-order valence-corrected chi connectivity index (χ4v) is 4.06. The molecule has 1 heterocycles. The van der Waals surface area contributed by atoms with Crippen molar-refractivity contribution in [3.05, 3.63) is 69.2 Å². The van der Waals surface area contributed by atoms with Crippen LogP contribution in [0.5, 0.6) is 0 Å². The molecule has 2 aromatic rings. The van der Waals surface area contributed by atoms with Gasteiger partial charge in [-0.3, -0.25) is 4.79 Å². The maximum Gasteiger partial charge on any atom is 0.227 e. The Labute approximate surface area is 154 Å². The Morgan fingerprint density at radius 3 is 2.70 bits per heavy atom. The third kappa shape index (κ3) is 3.57. The summed E-state index contributed by atoms with van der Waals surface area (Å²) in [6, 6.07) is 13.8. The Balaban J connectivity index is 1.80.